The van der Waals surface area contributed by atoms with Crippen molar-refractivity contribution in [3.63, 3.8) is 0 Å². The first kappa shape index (κ1) is 15.5. The molecular formula is C14H13ClN2O3S. The lowest BCUT2D eigenvalue weighted by atomic mass is 10.1. The Bertz CT molecular complexity index is 686. The van der Waals surface area contributed by atoms with E-state index in [1.54, 1.807) is 19.2 Å². The number of thiazole rings is 1. The van der Waals surface area contributed by atoms with Gasteiger partial charge in [0.05, 0.1) is 6.04 Å². The van der Waals surface area contributed by atoms with Crippen molar-refractivity contribution in [2.45, 2.75) is 13.0 Å². The van der Waals surface area contributed by atoms with Crippen LogP contribution in [-0.2, 0) is 0 Å². The second-order valence-electron chi connectivity index (χ2n) is 4.49. The number of aromatic nitrogens is 1. The molecule has 2 rings (SSSR count). The number of nitrogens with zero attached hydrogens (tertiary/aromatic N) is 2. The van der Waals surface area contributed by atoms with Gasteiger partial charge < -0.3 is 10.0 Å². The van der Waals surface area contributed by atoms with E-state index in [4.69, 9.17) is 16.7 Å². The summed E-state index contributed by atoms with van der Waals surface area (Å²) >= 11 is 6.97. The van der Waals surface area contributed by atoms with E-state index in [0.29, 0.717) is 5.02 Å². The van der Waals surface area contributed by atoms with Crippen LogP contribution in [0.1, 0.15) is 38.8 Å². The Morgan fingerprint density at radius 2 is 2.14 bits per heavy atom. The number of amides is 1. The number of benzene rings is 1. The molecule has 0 aliphatic carbocycles. The minimum absolute atomic E-state index is 0.118. The largest absolute Gasteiger partial charge is 0.476 e. The fourth-order valence-electron chi connectivity index (χ4n) is 1.79. The van der Waals surface area contributed by atoms with E-state index in [1.165, 1.54) is 10.3 Å². The average Bonchev–Trinajstić information content (AvgIpc) is 2.95. The topological polar surface area (TPSA) is 70.5 Å². The van der Waals surface area contributed by atoms with Crippen LogP contribution in [0.4, 0.5) is 0 Å². The van der Waals surface area contributed by atoms with E-state index < -0.39 is 5.97 Å². The molecule has 1 unspecified atom stereocenters. The van der Waals surface area contributed by atoms with Gasteiger partial charge in [-0.3, -0.25) is 4.79 Å². The van der Waals surface area contributed by atoms with Gasteiger partial charge in [0.1, 0.15) is 0 Å². The van der Waals surface area contributed by atoms with Crippen LogP contribution in [0, 0.1) is 0 Å². The summed E-state index contributed by atoms with van der Waals surface area (Å²) in [6.45, 7) is 1.87. The lowest BCUT2D eigenvalue weighted by Crippen LogP contribution is -2.29. The normalized spacial score (nSPS) is 12.0. The van der Waals surface area contributed by atoms with Crippen molar-refractivity contribution in [1.29, 1.82) is 0 Å². The van der Waals surface area contributed by atoms with Crippen molar-refractivity contribution < 1.29 is 14.7 Å². The van der Waals surface area contributed by atoms with Crippen LogP contribution in [0.3, 0.4) is 0 Å². The number of carboxylic acid groups (broad SMARTS) is 1. The van der Waals surface area contributed by atoms with E-state index >= 15 is 0 Å². The Morgan fingerprint density at radius 1 is 1.43 bits per heavy atom. The zero-order valence-electron chi connectivity index (χ0n) is 11.4. The second kappa shape index (κ2) is 6.24. The second-order valence-corrected chi connectivity index (χ2v) is 5.78. The summed E-state index contributed by atoms with van der Waals surface area (Å²) in [5, 5.41) is 11.0. The molecule has 0 radical (unpaired) electrons. The highest BCUT2D eigenvalue weighted by Gasteiger charge is 2.22. The average molecular weight is 325 g/mol. The third-order valence-corrected chi connectivity index (χ3v) is 4.20. The Balaban J connectivity index is 2.19. The van der Waals surface area contributed by atoms with Crippen LogP contribution in [0.25, 0.3) is 0 Å². The van der Waals surface area contributed by atoms with Crippen LogP contribution in [0.15, 0.2) is 29.6 Å². The monoisotopic (exact) mass is 324 g/mol. The maximum Gasteiger partial charge on any atom is 0.355 e. The number of hydrogen-bond donors (Lipinski definition) is 1. The number of carbonyl (C=O) groups is 2. The molecule has 110 valence electrons. The fourth-order valence-corrected chi connectivity index (χ4v) is 2.76. The summed E-state index contributed by atoms with van der Waals surface area (Å²) in [7, 11) is 1.65. The summed E-state index contributed by atoms with van der Waals surface area (Å²) < 4.78 is 0. The lowest BCUT2D eigenvalue weighted by molar-refractivity contribution is 0.0691. The van der Waals surface area contributed by atoms with Crippen LogP contribution in [-0.4, -0.2) is 33.9 Å². The van der Waals surface area contributed by atoms with E-state index in [9.17, 15) is 9.59 Å². The number of halogens is 1. The highest BCUT2D eigenvalue weighted by atomic mass is 35.5. The molecule has 0 fully saturated rings. The number of carboxylic acids is 1. The van der Waals surface area contributed by atoms with Crippen molar-refractivity contribution in [2.24, 2.45) is 0 Å². The maximum absolute atomic E-state index is 12.3. The summed E-state index contributed by atoms with van der Waals surface area (Å²) in [6, 6.07) is 7.05. The standard InChI is InChI=1S/C14H13ClN2O3S/c1-8(9-4-3-5-10(15)6-9)17(2)13(18)12-16-11(7-21-12)14(19)20/h3-8H,1-2H3,(H,19,20). The highest BCUT2D eigenvalue weighted by molar-refractivity contribution is 7.11. The quantitative estimate of drug-likeness (QED) is 0.936. The van der Waals surface area contributed by atoms with Gasteiger partial charge in [-0.1, -0.05) is 23.7 Å². The summed E-state index contributed by atoms with van der Waals surface area (Å²) in [6.07, 6.45) is 0. The molecule has 1 heterocycles. The van der Waals surface area contributed by atoms with Crippen LogP contribution in [0.5, 0.6) is 0 Å². The molecule has 0 aliphatic rings. The molecule has 0 aliphatic heterocycles. The third-order valence-electron chi connectivity index (χ3n) is 3.14. The number of aromatic carboxylic acids is 1. The molecule has 2 aromatic rings. The molecule has 1 aromatic carbocycles. The van der Waals surface area contributed by atoms with Gasteiger partial charge in [-0.15, -0.1) is 11.3 Å². The van der Waals surface area contributed by atoms with Crippen LogP contribution in [0.2, 0.25) is 5.02 Å². The minimum Gasteiger partial charge on any atom is -0.476 e. The van der Waals surface area contributed by atoms with Gasteiger partial charge >= 0.3 is 5.97 Å². The summed E-state index contributed by atoms with van der Waals surface area (Å²) in [5.41, 5.74) is 0.778. The molecule has 7 heteroatoms. The highest BCUT2D eigenvalue weighted by Crippen LogP contribution is 2.24. The number of hydrogen-bond acceptors (Lipinski definition) is 4. The third kappa shape index (κ3) is 3.40. The van der Waals surface area contributed by atoms with Crippen molar-refractivity contribution in [1.82, 2.24) is 9.88 Å². The Hall–Kier alpha value is -1.92. The maximum atomic E-state index is 12.3. The van der Waals surface area contributed by atoms with Crippen molar-refractivity contribution in [2.75, 3.05) is 7.05 Å². The van der Waals surface area contributed by atoms with Crippen molar-refractivity contribution in [3.8, 4) is 0 Å². The fraction of sp³-hybridized carbons (Fsp3) is 0.214. The van der Waals surface area contributed by atoms with E-state index in [-0.39, 0.29) is 22.7 Å². The molecule has 0 saturated carbocycles. The van der Waals surface area contributed by atoms with Gasteiger partial charge in [0.25, 0.3) is 5.91 Å². The Labute approximate surface area is 130 Å². The van der Waals surface area contributed by atoms with E-state index in [0.717, 1.165) is 16.9 Å². The molecule has 0 bridgehead atoms. The SMILES string of the molecule is CC(c1cccc(Cl)c1)N(C)C(=O)c1nc(C(=O)O)cs1. The van der Waals surface area contributed by atoms with Crippen LogP contribution < -0.4 is 0 Å². The zero-order chi connectivity index (χ0) is 15.6. The zero-order valence-corrected chi connectivity index (χ0v) is 13.0. The number of rotatable bonds is 4. The minimum atomic E-state index is -1.14. The first-order valence-corrected chi connectivity index (χ1v) is 7.37. The smallest absolute Gasteiger partial charge is 0.355 e. The molecule has 0 spiro atoms. The molecule has 21 heavy (non-hydrogen) atoms. The first-order chi connectivity index (χ1) is 9.90. The first-order valence-electron chi connectivity index (χ1n) is 6.11. The Kier molecular flexibility index (Phi) is 4.59. The van der Waals surface area contributed by atoms with Gasteiger partial charge in [-0.05, 0) is 24.6 Å². The van der Waals surface area contributed by atoms with Gasteiger partial charge in [-0.25, -0.2) is 9.78 Å². The van der Waals surface area contributed by atoms with E-state index in [2.05, 4.69) is 4.98 Å². The molecule has 1 aromatic heterocycles. The molecule has 0 saturated heterocycles. The van der Waals surface area contributed by atoms with Gasteiger partial charge in [0.15, 0.2) is 10.7 Å². The van der Waals surface area contributed by atoms with Crippen molar-refractivity contribution >= 4 is 34.8 Å². The predicted octanol–water partition coefficient (Wildman–Crippen LogP) is 3.33. The van der Waals surface area contributed by atoms with Gasteiger partial charge in [0.2, 0.25) is 0 Å². The molecule has 1 N–H and O–H groups in total. The molecular weight excluding hydrogens is 312 g/mol. The predicted molar refractivity (Wildman–Crippen MR) is 81.0 cm³/mol. The molecule has 5 nitrogen and oxygen atoms in total. The summed E-state index contributed by atoms with van der Waals surface area (Å²) in [4.78, 5) is 28.5. The number of carbonyl (C=O) groups excluding carboxylic acids is 1. The molecule has 1 amide bonds. The summed E-state index contributed by atoms with van der Waals surface area (Å²) in [5.74, 6) is -1.46. The van der Waals surface area contributed by atoms with Crippen LogP contribution >= 0.6 is 22.9 Å². The van der Waals surface area contributed by atoms with Gasteiger partial charge in [0, 0.05) is 17.5 Å². The van der Waals surface area contributed by atoms with E-state index in [1.807, 2.05) is 19.1 Å². The molecule has 1 atom stereocenters. The Morgan fingerprint density at radius 3 is 2.71 bits per heavy atom. The lowest BCUT2D eigenvalue weighted by Gasteiger charge is -2.24. The van der Waals surface area contributed by atoms with Crippen molar-refractivity contribution in [3.05, 3.63) is 50.9 Å². The van der Waals surface area contributed by atoms with Gasteiger partial charge in [-0.2, -0.15) is 0 Å².